The van der Waals surface area contributed by atoms with Crippen LogP contribution in [0.5, 0.6) is 5.75 Å². The van der Waals surface area contributed by atoms with Gasteiger partial charge in [0.15, 0.2) is 0 Å². The van der Waals surface area contributed by atoms with Crippen molar-refractivity contribution in [1.29, 1.82) is 0 Å². The number of likely N-dealkylation sites (N-methyl/N-ethyl adjacent to an activating group) is 1. The molecule has 0 saturated carbocycles. The van der Waals surface area contributed by atoms with E-state index in [1.165, 1.54) is 22.7 Å². The smallest absolute Gasteiger partial charge is 0.120 e. The Morgan fingerprint density at radius 1 is 1.06 bits per heavy atom. The molecule has 0 radical (unpaired) electrons. The summed E-state index contributed by atoms with van der Waals surface area (Å²) in [4.78, 5) is 2.26. The third-order valence-electron chi connectivity index (χ3n) is 4.51. The third-order valence-corrected chi connectivity index (χ3v) is 5.10. The molecular formula is C27H30N2OS. The van der Waals surface area contributed by atoms with E-state index in [4.69, 9.17) is 4.74 Å². The molecule has 1 aromatic heterocycles. The third kappa shape index (κ3) is 8.05. The first-order valence-corrected chi connectivity index (χ1v) is 11.3. The second-order valence-electron chi connectivity index (χ2n) is 8.67. The highest BCUT2D eigenvalue weighted by Gasteiger charge is 2.04. The predicted molar refractivity (Wildman–Crippen MR) is 131 cm³/mol. The van der Waals surface area contributed by atoms with Crippen LogP contribution in [0.25, 0.3) is 11.1 Å². The molecule has 0 unspecified atom stereocenters. The summed E-state index contributed by atoms with van der Waals surface area (Å²) in [6.07, 6.45) is 5.95. The summed E-state index contributed by atoms with van der Waals surface area (Å²) in [6, 6.07) is 16.7. The molecule has 0 aliphatic rings. The van der Waals surface area contributed by atoms with Gasteiger partial charge in [-0.2, -0.15) is 0 Å². The summed E-state index contributed by atoms with van der Waals surface area (Å²) in [6.45, 7) is 8.61. The Kier molecular flexibility index (Phi) is 8.06. The number of ether oxygens (including phenoxy) is 1. The van der Waals surface area contributed by atoms with Crippen LogP contribution >= 0.6 is 11.5 Å². The van der Waals surface area contributed by atoms with E-state index in [9.17, 15) is 0 Å². The Morgan fingerprint density at radius 2 is 1.87 bits per heavy atom. The van der Waals surface area contributed by atoms with Gasteiger partial charge in [0, 0.05) is 35.6 Å². The van der Waals surface area contributed by atoms with Crippen LogP contribution in [0.2, 0.25) is 0 Å². The van der Waals surface area contributed by atoms with E-state index in [0.717, 1.165) is 30.0 Å². The number of hydrogen-bond acceptors (Lipinski definition) is 4. The first kappa shape index (κ1) is 22.8. The lowest BCUT2D eigenvalue weighted by Gasteiger charge is -2.15. The summed E-state index contributed by atoms with van der Waals surface area (Å²) < 4.78 is 10.3. The molecule has 3 rings (SSSR count). The Hall–Kier alpha value is -2.87. The fraction of sp³-hybridized carbons (Fsp3) is 0.296. The first-order valence-electron chi connectivity index (χ1n) is 10.5. The number of aromatic nitrogens is 1. The average Bonchev–Trinajstić information content (AvgIpc) is 3.27. The average molecular weight is 431 g/mol. The zero-order chi connectivity index (χ0) is 22.1. The largest absolute Gasteiger partial charge is 0.489 e. The number of rotatable bonds is 8. The highest BCUT2D eigenvalue weighted by molar-refractivity contribution is 7.03. The molecule has 0 aliphatic carbocycles. The molecule has 0 amide bonds. The zero-order valence-corrected chi connectivity index (χ0v) is 19.6. The van der Waals surface area contributed by atoms with E-state index in [2.05, 4.69) is 103 Å². The van der Waals surface area contributed by atoms with Crippen molar-refractivity contribution in [2.75, 3.05) is 13.6 Å². The van der Waals surface area contributed by atoms with Crippen molar-refractivity contribution in [2.24, 2.45) is 5.41 Å². The number of nitrogens with zero attached hydrogens (tertiary/aromatic N) is 2. The van der Waals surface area contributed by atoms with Gasteiger partial charge in [0.1, 0.15) is 12.4 Å². The molecule has 4 heteroatoms. The Bertz CT molecular complexity index is 1050. The van der Waals surface area contributed by atoms with Crippen LogP contribution in [-0.2, 0) is 13.2 Å². The van der Waals surface area contributed by atoms with Gasteiger partial charge in [-0.15, -0.1) is 0 Å². The van der Waals surface area contributed by atoms with E-state index in [1.54, 1.807) is 0 Å². The molecule has 0 bridgehead atoms. The number of hydrogen-bond donors (Lipinski definition) is 0. The van der Waals surface area contributed by atoms with Gasteiger partial charge in [-0.1, -0.05) is 48.2 Å². The molecule has 0 spiro atoms. The Labute approximate surface area is 190 Å². The van der Waals surface area contributed by atoms with E-state index < -0.39 is 0 Å². The normalized spacial score (nSPS) is 11.5. The molecule has 2 aromatic carbocycles. The maximum atomic E-state index is 6.07. The van der Waals surface area contributed by atoms with Crippen molar-refractivity contribution < 1.29 is 4.74 Å². The monoisotopic (exact) mass is 430 g/mol. The van der Waals surface area contributed by atoms with E-state index in [1.807, 2.05) is 18.3 Å². The van der Waals surface area contributed by atoms with Crippen molar-refractivity contribution in [3.05, 3.63) is 83.4 Å². The van der Waals surface area contributed by atoms with Crippen LogP contribution in [0.1, 0.15) is 31.9 Å². The molecule has 3 nitrogen and oxygen atoms in total. The molecule has 0 N–H and O–H groups in total. The summed E-state index contributed by atoms with van der Waals surface area (Å²) in [5.41, 5.74) is 4.74. The molecule has 0 atom stereocenters. The first-order chi connectivity index (χ1) is 14.9. The maximum absolute atomic E-state index is 6.07. The van der Waals surface area contributed by atoms with Gasteiger partial charge in [-0.3, -0.25) is 4.90 Å². The fourth-order valence-corrected chi connectivity index (χ4v) is 3.56. The lowest BCUT2D eigenvalue weighted by Crippen LogP contribution is -2.17. The van der Waals surface area contributed by atoms with Crippen molar-refractivity contribution in [1.82, 2.24) is 9.27 Å². The van der Waals surface area contributed by atoms with Crippen LogP contribution in [0.15, 0.2) is 72.3 Å². The summed E-state index contributed by atoms with van der Waals surface area (Å²) >= 11 is 1.47. The SMILES string of the molecule is CN(C/C=C/C#CC(C)(C)C)Cc1cccc(OCc2cccc(-c3cnsc3)c2)c1. The molecule has 31 heavy (non-hydrogen) atoms. The van der Waals surface area contributed by atoms with Crippen LogP contribution in [0.3, 0.4) is 0 Å². The van der Waals surface area contributed by atoms with Gasteiger partial charge < -0.3 is 4.74 Å². The van der Waals surface area contributed by atoms with Gasteiger partial charge in [0.05, 0.1) is 0 Å². The molecule has 0 saturated heterocycles. The minimum Gasteiger partial charge on any atom is -0.489 e. The van der Waals surface area contributed by atoms with E-state index in [-0.39, 0.29) is 5.41 Å². The van der Waals surface area contributed by atoms with Gasteiger partial charge in [-0.25, -0.2) is 4.37 Å². The molecular weight excluding hydrogens is 400 g/mol. The van der Waals surface area contributed by atoms with Gasteiger partial charge in [0.2, 0.25) is 0 Å². The van der Waals surface area contributed by atoms with Gasteiger partial charge in [-0.05, 0) is 80.3 Å². The molecule has 160 valence electrons. The van der Waals surface area contributed by atoms with Crippen LogP contribution in [0.4, 0.5) is 0 Å². The summed E-state index contributed by atoms with van der Waals surface area (Å²) in [7, 11) is 2.11. The Morgan fingerprint density at radius 3 is 2.65 bits per heavy atom. The molecule has 1 heterocycles. The minimum absolute atomic E-state index is 0.0408. The van der Waals surface area contributed by atoms with Crippen molar-refractivity contribution >= 4 is 11.5 Å². The van der Waals surface area contributed by atoms with Crippen molar-refractivity contribution in [3.8, 4) is 28.7 Å². The molecule has 0 fully saturated rings. The topological polar surface area (TPSA) is 25.4 Å². The highest BCUT2D eigenvalue weighted by Crippen LogP contribution is 2.22. The van der Waals surface area contributed by atoms with Crippen molar-refractivity contribution in [2.45, 2.75) is 33.9 Å². The van der Waals surface area contributed by atoms with Gasteiger partial charge >= 0.3 is 0 Å². The quantitative estimate of drug-likeness (QED) is 0.385. The number of allylic oxidation sites excluding steroid dienone is 1. The lowest BCUT2D eigenvalue weighted by molar-refractivity contribution is 0.304. The number of benzene rings is 2. The lowest BCUT2D eigenvalue weighted by atomic mass is 9.98. The maximum Gasteiger partial charge on any atom is 0.120 e. The summed E-state index contributed by atoms with van der Waals surface area (Å²) in [5, 5.41) is 2.06. The second-order valence-corrected chi connectivity index (χ2v) is 9.33. The zero-order valence-electron chi connectivity index (χ0n) is 18.8. The van der Waals surface area contributed by atoms with E-state index >= 15 is 0 Å². The van der Waals surface area contributed by atoms with Gasteiger partial charge in [0.25, 0.3) is 0 Å². The van der Waals surface area contributed by atoms with Crippen molar-refractivity contribution in [3.63, 3.8) is 0 Å². The molecule has 3 aromatic rings. The molecule has 0 aliphatic heterocycles. The summed E-state index contributed by atoms with van der Waals surface area (Å²) in [5.74, 6) is 7.22. The van der Waals surface area contributed by atoms with E-state index in [0.29, 0.717) is 6.61 Å². The van der Waals surface area contributed by atoms with Crippen LogP contribution < -0.4 is 4.74 Å². The van der Waals surface area contributed by atoms with Crippen LogP contribution in [-0.4, -0.2) is 22.9 Å². The fourth-order valence-electron chi connectivity index (χ4n) is 3.01. The predicted octanol–water partition coefficient (Wildman–Crippen LogP) is 6.43. The highest BCUT2D eigenvalue weighted by atomic mass is 32.1. The Balaban J connectivity index is 1.53. The standard InChI is InChI=1S/C27H30N2OS/c1-27(2,3)14-6-5-7-15-29(4)19-22-10-9-13-26(17-22)30-20-23-11-8-12-24(16-23)25-18-28-31-21-25/h5,7-13,16-18,21H,15,19-20H2,1-4H3/b7-5+. The van der Waals surface area contributed by atoms with Crippen LogP contribution in [0, 0.1) is 17.3 Å². The second kappa shape index (κ2) is 10.9. The minimum atomic E-state index is 0.0408.